The van der Waals surface area contributed by atoms with E-state index in [1.54, 1.807) is 11.3 Å². The Hall–Kier alpha value is -1.95. The second-order valence-electron chi connectivity index (χ2n) is 4.26. The fourth-order valence-electron chi connectivity index (χ4n) is 2.09. The highest BCUT2D eigenvalue weighted by atomic mass is 32.1. The van der Waals surface area contributed by atoms with Crippen LogP contribution in [0.25, 0.3) is 15.9 Å². The summed E-state index contributed by atoms with van der Waals surface area (Å²) in [7, 11) is 0. The maximum Gasteiger partial charge on any atom is 0.151 e. The number of hydrogen-bond acceptors (Lipinski definition) is 5. The SMILES string of the molecule is CCc1nc(CC)n(-c2ccc3scnc3c2N)n1. The average Bonchev–Trinajstić information content (AvgIpc) is 3.05. The molecule has 0 amide bonds. The molecule has 0 aliphatic rings. The highest BCUT2D eigenvalue weighted by Crippen LogP contribution is 2.29. The largest absolute Gasteiger partial charge is 0.395 e. The fraction of sp³-hybridized carbons (Fsp3) is 0.308. The molecule has 0 fully saturated rings. The number of anilines is 1. The molecule has 2 N–H and O–H groups in total. The third-order valence-electron chi connectivity index (χ3n) is 3.10. The molecule has 0 aliphatic heterocycles. The molecule has 0 spiro atoms. The van der Waals surface area contributed by atoms with Gasteiger partial charge < -0.3 is 5.73 Å². The summed E-state index contributed by atoms with van der Waals surface area (Å²) in [6.45, 7) is 4.11. The molecule has 0 saturated carbocycles. The lowest BCUT2D eigenvalue weighted by atomic mass is 10.2. The molecule has 0 aliphatic carbocycles. The molecule has 0 bridgehead atoms. The summed E-state index contributed by atoms with van der Waals surface area (Å²) in [5, 5.41) is 4.52. The minimum absolute atomic E-state index is 0.668. The zero-order valence-electron chi connectivity index (χ0n) is 10.9. The predicted octanol–water partition coefficient (Wildman–Crippen LogP) is 2.58. The van der Waals surface area contributed by atoms with Crippen LogP contribution in [0.3, 0.4) is 0 Å². The summed E-state index contributed by atoms with van der Waals surface area (Å²) < 4.78 is 2.93. The van der Waals surface area contributed by atoms with Gasteiger partial charge in [0.25, 0.3) is 0 Å². The van der Waals surface area contributed by atoms with Gasteiger partial charge in [-0.15, -0.1) is 11.3 Å². The first kappa shape index (κ1) is 12.1. The van der Waals surface area contributed by atoms with Crippen LogP contribution in [0, 0.1) is 0 Å². The van der Waals surface area contributed by atoms with Crippen molar-refractivity contribution in [3.63, 3.8) is 0 Å². The van der Waals surface area contributed by atoms with E-state index in [9.17, 15) is 0 Å². The van der Waals surface area contributed by atoms with Crippen LogP contribution in [0.2, 0.25) is 0 Å². The van der Waals surface area contributed by atoms with E-state index in [-0.39, 0.29) is 0 Å². The third-order valence-corrected chi connectivity index (χ3v) is 3.89. The van der Waals surface area contributed by atoms with Crippen LogP contribution < -0.4 is 5.73 Å². The van der Waals surface area contributed by atoms with Gasteiger partial charge in [-0.1, -0.05) is 13.8 Å². The van der Waals surface area contributed by atoms with Crippen molar-refractivity contribution in [2.75, 3.05) is 5.73 Å². The number of rotatable bonds is 3. The van der Waals surface area contributed by atoms with Crippen molar-refractivity contribution >= 4 is 27.2 Å². The Morgan fingerprint density at radius 3 is 2.84 bits per heavy atom. The molecular weight excluding hydrogens is 258 g/mol. The minimum Gasteiger partial charge on any atom is -0.395 e. The van der Waals surface area contributed by atoms with Gasteiger partial charge in [0.1, 0.15) is 11.3 Å². The number of benzene rings is 1. The summed E-state index contributed by atoms with van der Waals surface area (Å²) in [6.07, 6.45) is 1.64. The summed E-state index contributed by atoms with van der Waals surface area (Å²) in [5.41, 5.74) is 10.4. The Balaban J connectivity index is 2.23. The molecule has 2 heterocycles. The van der Waals surface area contributed by atoms with Crippen LogP contribution in [0.5, 0.6) is 0 Å². The second-order valence-corrected chi connectivity index (χ2v) is 5.15. The van der Waals surface area contributed by atoms with E-state index in [2.05, 4.69) is 22.0 Å². The Morgan fingerprint density at radius 2 is 2.11 bits per heavy atom. The molecule has 1 aromatic carbocycles. The van der Waals surface area contributed by atoms with E-state index >= 15 is 0 Å². The van der Waals surface area contributed by atoms with E-state index in [0.29, 0.717) is 5.69 Å². The van der Waals surface area contributed by atoms with Gasteiger partial charge in [0.05, 0.1) is 21.6 Å². The second kappa shape index (κ2) is 4.62. The highest BCUT2D eigenvalue weighted by molar-refractivity contribution is 7.16. The van der Waals surface area contributed by atoms with Gasteiger partial charge in [-0.25, -0.2) is 14.6 Å². The van der Waals surface area contributed by atoms with Crippen molar-refractivity contribution in [3.05, 3.63) is 29.3 Å². The fourth-order valence-corrected chi connectivity index (χ4v) is 2.78. The van der Waals surface area contributed by atoms with Crippen LogP contribution in [-0.2, 0) is 12.8 Å². The van der Waals surface area contributed by atoms with Crippen molar-refractivity contribution in [2.45, 2.75) is 26.7 Å². The maximum absolute atomic E-state index is 6.23. The standard InChI is InChI=1S/C13H15N5S/c1-3-10-16-11(4-2)18(17-10)8-5-6-9-13(12(8)14)15-7-19-9/h5-7H,3-4,14H2,1-2H3. The zero-order chi connectivity index (χ0) is 13.4. The Bertz CT molecular complexity index is 728. The van der Waals surface area contributed by atoms with E-state index in [4.69, 9.17) is 5.73 Å². The quantitative estimate of drug-likeness (QED) is 0.745. The number of nitrogen functional groups attached to an aromatic ring is 1. The van der Waals surface area contributed by atoms with Gasteiger partial charge in [-0.3, -0.25) is 0 Å². The van der Waals surface area contributed by atoms with Crippen molar-refractivity contribution in [3.8, 4) is 5.69 Å². The van der Waals surface area contributed by atoms with E-state index in [0.717, 1.165) is 40.4 Å². The van der Waals surface area contributed by atoms with E-state index < -0.39 is 0 Å². The first-order chi connectivity index (χ1) is 9.24. The summed E-state index contributed by atoms with van der Waals surface area (Å²) in [5.74, 6) is 1.77. The molecule has 0 atom stereocenters. The van der Waals surface area contributed by atoms with Gasteiger partial charge in [-0.05, 0) is 12.1 Å². The van der Waals surface area contributed by atoms with Crippen LogP contribution in [-0.4, -0.2) is 19.7 Å². The first-order valence-corrected chi connectivity index (χ1v) is 7.19. The predicted molar refractivity (Wildman–Crippen MR) is 77.7 cm³/mol. The van der Waals surface area contributed by atoms with Crippen LogP contribution >= 0.6 is 11.3 Å². The number of nitrogens with zero attached hydrogens (tertiary/aromatic N) is 4. The number of thiazole rings is 1. The Labute approximate surface area is 115 Å². The van der Waals surface area contributed by atoms with Gasteiger partial charge in [0, 0.05) is 12.8 Å². The van der Waals surface area contributed by atoms with Crippen molar-refractivity contribution in [1.29, 1.82) is 0 Å². The van der Waals surface area contributed by atoms with Gasteiger partial charge >= 0.3 is 0 Å². The number of aryl methyl sites for hydroxylation is 2. The molecule has 3 rings (SSSR count). The Morgan fingerprint density at radius 1 is 1.26 bits per heavy atom. The summed E-state index contributed by atoms with van der Waals surface area (Å²) in [4.78, 5) is 8.83. The number of nitrogens with two attached hydrogens (primary N) is 1. The molecule has 98 valence electrons. The average molecular weight is 273 g/mol. The van der Waals surface area contributed by atoms with Crippen molar-refractivity contribution in [1.82, 2.24) is 19.7 Å². The van der Waals surface area contributed by atoms with Gasteiger partial charge in [0.15, 0.2) is 5.82 Å². The number of fused-ring (bicyclic) bond motifs is 1. The molecule has 2 aromatic heterocycles. The highest BCUT2D eigenvalue weighted by Gasteiger charge is 2.14. The van der Waals surface area contributed by atoms with Crippen LogP contribution in [0.1, 0.15) is 25.5 Å². The molecular formula is C13H15N5S. The molecule has 3 aromatic rings. The summed E-state index contributed by atoms with van der Waals surface area (Å²) >= 11 is 1.59. The lowest BCUT2D eigenvalue weighted by Gasteiger charge is -2.08. The van der Waals surface area contributed by atoms with Crippen molar-refractivity contribution in [2.24, 2.45) is 0 Å². The minimum atomic E-state index is 0.668. The zero-order valence-corrected chi connectivity index (χ0v) is 11.7. The van der Waals surface area contributed by atoms with Crippen LogP contribution in [0.15, 0.2) is 17.6 Å². The Kier molecular flexibility index (Phi) is 2.94. The topological polar surface area (TPSA) is 69.6 Å². The van der Waals surface area contributed by atoms with E-state index in [1.165, 1.54) is 0 Å². The number of aromatic nitrogens is 4. The molecule has 19 heavy (non-hydrogen) atoms. The molecule has 0 radical (unpaired) electrons. The van der Waals surface area contributed by atoms with Crippen LogP contribution in [0.4, 0.5) is 5.69 Å². The van der Waals surface area contributed by atoms with E-state index in [1.807, 2.05) is 29.2 Å². The lowest BCUT2D eigenvalue weighted by molar-refractivity contribution is 0.793. The monoisotopic (exact) mass is 273 g/mol. The molecule has 0 saturated heterocycles. The molecule has 6 heteroatoms. The first-order valence-electron chi connectivity index (χ1n) is 6.31. The lowest BCUT2D eigenvalue weighted by Crippen LogP contribution is -2.06. The molecule has 0 unspecified atom stereocenters. The normalized spacial score (nSPS) is 11.3. The van der Waals surface area contributed by atoms with Crippen molar-refractivity contribution < 1.29 is 0 Å². The summed E-state index contributed by atoms with van der Waals surface area (Å²) in [6, 6.07) is 4.02. The molecule has 5 nitrogen and oxygen atoms in total. The third kappa shape index (κ3) is 1.88. The van der Waals surface area contributed by atoms with Gasteiger partial charge in [0.2, 0.25) is 0 Å². The van der Waals surface area contributed by atoms with Gasteiger partial charge in [-0.2, -0.15) is 5.10 Å². The smallest absolute Gasteiger partial charge is 0.151 e. The maximum atomic E-state index is 6.23. The number of hydrogen-bond donors (Lipinski definition) is 1.